The van der Waals surface area contributed by atoms with E-state index in [1.165, 1.54) is 24.3 Å². The maximum Gasteiger partial charge on any atom is 0.255 e. The van der Waals surface area contributed by atoms with E-state index in [0.29, 0.717) is 35.5 Å². The van der Waals surface area contributed by atoms with Crippen LogP contribution in [0, 0.1) is 6.92 Å². The average Bonchev–Trinajstić information content (AvgIpc) is 2.80. The van der Waals surface area contributed by atoms with Gasteiger partial charge in [-0.3, -0.25) is 9.59 Å². The van der Waals surface area contributed by atoms with Crippen molar-refractivity contribution in [3.63, 3.8) is 0 Å². The summed E-state index contributed by atoms with van der Waals surface area (Å²) in [6.45, 7) is 4.08. The Hall–Kier alpha value is -3.49. The van der Waals surface area contributed by atoms with Crippen molar-refractivity contribution < 1.29 is 18.0 Å². The predicted octanol–water partition coefficient (Wildman–Crippen LogP) is 4.19. The molecule has 2 amide bonds. The van der Waals surface area contributed by atoms with Gasteiger partial charge in [0.1, 0.15) is 0 Å². The predicted molar refractivity (Wildman–Crippen MR) is 125 cm³/mol. The summed E-state index contributed by atoms with van der Waals surface area (Å²) in [5, 5.41) is 5.58. The zero-order valence-corrected chi connectivity index (χ0v) is 18.7. The highest BCUT2D eigenvalue weighted by molar-refractivity contribution is 7.89. The molecule has 3 rings (SSSR count). The lowest BCUT2D eigenvalue weighted by Crippen LogP contribution is -2.24. The molecule has 0 saturated carbocycles. The fourth-order valence-electron chi connectivity index (χ4n) is 2.92. The molecule has 0 saturated heterocycles. The van der Waals surface area contributed by atoms with Crippen LogP contribution in [0.15, 0.2) is 77.7 Å². The van der Waals surface area contributed by atoms with E-state index in [-0.39, 0.29) is 16.7 Å². The number of hydrogen-bond acceptors (Lipinski definition) is 4. The second-order valence-electron chi connectivity index (χ2n) is 7.23. The summed E-state index contributed by atoms with van der Waals surface area (Å²) in [7, 11) is -3.57. The van der Waals surface area contributed by atoms with E-state index in [0.717, 1.165) is 5.56 Å². The fourth-order valence-corrected chi connectivity index (χ4v) is 4.06. The number of sulfonamides is 1. The quantitative estimate of drug-likeness (QED) is 0.478. The van der Waals surface area contributed by atoms with Crippen LogP contribution in [-0.4, -0.2) is 26.8 Å². The first kappa shape index (κ1) is 23.2. The Morgan fingerprint density at radius 2 is 1.47 bits per heavy atom. The largest absolute Gasteiger partial charge is 0.322 e. The second-order valence-corrected chi connectivity index (χ2v) is 8.99. The van der Waals surface area contributed by atoms with Crippen LogP contribution in [0.4, 0.5) is 11.4 Å². The highest BCUT2D eigenvalue weighted by atomic mass is 32.2. The van der Waals surface area contributed by atoms with Gasteiger partial charge >= 0.3 is 0 Å². The first-order valence-corrected chi connectivity index (χ1v) is 11.7. The Balaban J connectivity index is 1.71. The zero-order chi connectivity index (χ0) is 23.1. The highest BCUT2D eigenvalue weighted by Crippen LogP contribution is 2.20. The molecule has 3 aromatic carbocycles. The topological polar surface area (TPSA) is 104 Å². The van der Waals surface area contributed by atoms with Gasteiger partial charge in [0.2, 0.25) is 10.0 Å². The normalized spacial score (nSPS) is 11.1. The molecule has 0 radical (unpaired) electrons. The minimum absolute atomic E-state index is 0.130. The van der Waals surface area contributed by atoms with Gasteiger partial charge in [-0.15, -0.1) is 0 Å². The molecule has 0 fully saturated rings. The third-order valence-electron chi connectivity index (χ3n) is 4.75. The van der Waals surface area contributed by atoms with Crippen LogP contribution < -0.4 is 15.4 Å². The Kier molecular flexibility index (Phi) is 7.40. The number of aryl methyl sites for hydroxylation is 1. The molecule has 3 N–H and O–H groups in total. The summed E-state index contributed by atoms with van der Waals surface area (Å²) in [4.78, 5) is 25.3. The SMILES string of the molecule is CCCNS(=O)(=O)c1ccc(NC(=O)c2ccc(C)c(NC(=O)c3ccccc3)c2)cc1. The molecule has 32 heavy (non-hydrogen) atoms. The molecule has 0 spiro atoms. The third kappa shape index (κ3) is 5.81. The monoisotopic (exact) mass is 451 g/mol. The molecule has 0 aliphatic heterocycles. The number of anilines is 2. The van der Waals surface area contributed by atoms with Gasteiger partial charge in [-0.25, -0.2) is 13.1 Å². The van der Waals surface area contributed by atoms with Gasteiger partial charge in [0, 0.05) is 29.0 Å². The van der Waals surface area contributed by atoms with Crippen molar-refractivity contribution in [3.05, 3.63) is 89.5 Å². The van der Waals surface area contributed by atoms with Gasteiger partial charge in [-0.05, 0) is 67.4 Å². The van der Waals surface area contributed by atoms with Crippen molar-refractivity contribution >= 4 is 33.2 Å². The first-order valence-electron chi connectivity index (χ1n) is 10.2. The van der Waals surface area contributed by atoms with Crippen LogP contribution >= 0.6 is 0 Å². The third-order valence-corrected chi connectivity index (χ3v) is 6.23. The molecule has 0 heterocycles. The molecular formula is C24H25N3O4S. The van der Waals surface area contributed by atoms with Crippen LogP contribution in [0.25, 0.3) is 0 Å². The molecular weight excluding hydrogens is 426 g/mol. The van der Waals surface area contributed by atoms with Crippen LogP contribution in [-0.2, 0) is 10.0 Å². The number of amides is 2. The smallest absolute Gasteiger partial charge is 0.255 e. The summed E-state index contributed by atoms with van der Waals surface area (Å²) < 4.78 is 26.8. The highest BCUT2D eigenvalue weighted by Gasteiger charge is 2.14. The summed E-state index contributed by atoms with van der Waals surface area (Å²) in [6.07, 6.45) is 0.692. The molecule has 166 valence electrons. The maximum atomic E-state index is 12.7. The maximum absolute atomic E-state index is 12.7. The fraction of sp³-hybridized carbons (Fsp3) is 0.167. The average molecular weight is 452 g/mol. The van der Waals surface area contributed by atoms with Crippen molar-refractivity contribution in [1.29, 1.82) is 0 Å². The minimum atomic E-state index is -3.57. The van der Waals surface area contributed by atoms with Crippen LogP contribution in [0.2, 0.25) is 0 Å². The Bertz CT molecular complexity index is 1210. The molecule has 0 atom stereocenters. The molecule has 0 unspecified atom stereocenters. The second kappa shape index (κ2) is 10.2. The van der Waals surface area contributed by atoms with E-state index >= 15 is 0 Å². The van der Waals surface area contributed by atoms with Gasteiger partial charge < -0.3 is 10.6 Å². The lowest BCUT2D eigenvalue weighted by molar-refractivity contribution is 0.101. The summed E-state index contributed by atoms with van der Waals surface area (Å²) >= 11 is 0. The van der Waals surface area contributed by atoms with Crippen LogP contribution in [0.5, 0.6) is 0 Å². The summed E-state index contributed by atoms with van der Waals surface area (Å²) in [5.74, 6) is -0.639. The van der Waals surface area contributed by atoms with Gasteiger partial charge in [0.15, 0.2) is 0 Å². The van der Waals surface area contributed by atoms with Gasteiger partial charge in [-0.1, -0.05) is 31.2 Å². The van der Waals surface area contributed by atoms with E-state index in [2.05, 4.69) is 15.4 Å². The number of nitrogens with one attached hydrogen (secondary N) is 3. The summed E-state index contributed by atoms with van der Waals surface area (Å²) in [6, 6.07) is 19.8. The summed E-state index contributed by atoms with van der Waals surface area (Å²) in [5.41, 5.74) is 2.69. The number of hydrogen-bond donors (Lipinski definition) is 3. The Morgan fingerprint density at radius 1 is 0.812 bits per heavy atom. The lowest BCUT2D eigenvalue weighted by Gasteiger charge is -2.12. The van der Waals surface area contributed by atoms with Crippen LogP contribution in [0.3, 0.4) is 0 Å². The molecule has 0 aliphatic carbocycles. The van der Waals surface area contributed by atoms with E-state index in [9.17, 15) is 18.0 Å². The Labute approximate surface area is 187 Å². The number of carbonyl (C=O) groups excluding carboxylic acids is 2. The van der Waals surface area contributed by atoms with E-state index < -0.39 is 10.0 Å². The molecule has 7 nitrogen and oxygen atoms in total. The first-order chi connectivity index (χ1) is 15.3. The number of rotatable bonds is 8. The van der Waals surface area contributed by atoms with E-state index in [1.807, 2.05) is 19.9 Å². The van der Waals surface area contributed by atoms with Gasteiger partial charge in [0.05, 0.1) is 4.90 Å². The number of benzene rings is 3. The van der Waals surface area contributed by atoms with Crippen molar-refractivity contribution in [3.8, 4) is 0 Å². The molecule has 8 heteroatoms. The molecule has 0 bridgehead atoms. The molecule has 3 aromatic rings. The Morgan fingerprint density at radius 3 is 2.12 bits per heavy atom. The standard InChI is InChI=1S/C24H25N3O4S/c1-3-15-25-32(30,31)21-13-11-20(12-14-21)26-24(29)19-10-9-17(2)22(16-19)27-23(28)18-7-5-4-6-8-18/h4-14,16,25H,3,15H2,1-2H3,(H,26,29)(H,27,28). The van der Waals surface area contributed by atoms with Gasteiger partial charge in [0.25, 0.3) is 11.8 Å². The van der Waals surface area contributed by atoms with E-state index in [1.54, 1.807) is 42.5 Å². The van der Waals surface area contributed by atoms with Gasteiger partial charge in [-0.2, -0.15) is 0 Å². The van der Waals surface area contributed by atoms with Crippen molar-refractivity contribution in [2.75, 3.05) is 17.2 Å². The van der Waals surface area contributed by atoms with E-state index in [4.69, 9.17) is 0 Å². The number of carbonyl (C=O) groups is 2. The molecule has 0 aliphatic rings. The lowest BCUT2D eigenvalue weighted by atomic mass is 10.1. The van der Waals surface area contributed by atoms with Crippen molar-refractivity contribution in [2.45, 2.75) is 25.2 Å². The minimum Gasteiger partial charge on any atom is -0.322 e. The molecule has 0 aromatic heterocycles. The van der Waals surface area contributed by atoms with Crippen molar-refractivity contribution in [2.24, 2.45) is 0 Å². The van der Waals surface area contributed by atoms with Crippen LogP contribution in [0.1, 0.15) is 39.6 Å². The zero-order valence-electron chi connectivity index (χ0n) is 17.9. The van der Waals surface area contributed by atoms with Crippen molar-refractivity contribution in [1.82, 2.24) is 4.72 Å².